The van der Waals surface area contributed by atoms with E-state index in [0.717, 1.165) is 5.69 Å². The summed E-state index contributed by atoms with van der Waals surface area (Å²) in [5.74, 6) is -0.711. The van der Waals surface area contributed by atoms with Gasteiger partial charge in [0.05, 0.1) is 16.6 Å². The minimum Gasteiger partial charge on any atom is -0.342 e. The normalized spacial score (nSPS) is 19.5. The highest BCUT2D eigenvalue weighted by Gasteiger charge is 2.38. The number of piperidine rings is 1. The van der Waals surface area contributed by atoms with E-state index in [9.17, 15) is 14.4 Å². The van der Waals surface area contributed by atoms with E-state index < -0.39 is 0 Å². The summed E-state index contributed by atoms with van der Waals surface area (Å²) in [6.07, 6.45) is 1.36. The van der Waals surface area contributed by atoms with Crippen LogP contribution >= 0.6 is 23.2 Å². The molecule has 1 N–H and O–H groups in total. The summed E-state index contributed by atoms with van der Waals surface area (Å²) in [7, 11) is 0. The summed E-state index contributed by atoms with van der Waals surface area (Å²) in [5, 5.41) is 3.77. The van der Waals surface area contributed by atoms with E-state index in [-0.39, 0.29) is 36.0 Å². The quantitative estimate of drug-likeness (QED) is 0.743. The number of hydrogen-bond donors (Lipinski definition) is 1. The number of anilines is 2. The summed E-state index contributed by atoms with van der Waals surface area (Å²) in [6, 6.07) is 14.3. The van der Waals surface area contributed by atoms with Crippen molar-refractivity contribution in [3.05, 3.63) is 58.6 Å². The number of amides is 3. The minimum atomic E-state index is -0.344. The van der Waals surface area contributed by atoms with E-state index in [1.165, 1.54) is 0 Å². The van der Waals surface area contributed by atoms with E-state index in [1.807, 2.05) is 30.3 Å². The second kappa shape index (κ2) is 9.28. The van der Waals surface area contributed by atoms with Crippen LogP contribution in [0.4, 0.5) is 11.4 Å². The Morgan fingerprint density at radius 1 is 0.968 bits per heavy atom. The second-order valence-corrected chi connectivity index (χ2v) is 8.80. The Morgan fingerprint density at radius 2 is 1.68 bits per heavy atom. The minimum absolute atomic E-state index is 0.0106. The first-order chi connectivity index (χ1) is 14.9. The van der Waals surface area contributed by atoms with Crippen molar-refractivity contribution < 1.29 is 14.4 Å². The highest BCUT2D eigenvalue weighted by Crippen LogP contribution is 2.29. The van der Waals surface area contributed by atoms with Gasteiger partial charge in [0.2, 0.25) is 17.7 Å². The molecule has 0 aliphatic carbocycles. The van der Waals surface area contributed by atoms with E-state index in [4.69, 9.17) is 23.2 Å². The number of benzene rings is 2. The third-order valence-electron chi connectivity index (χ3n) is 5.91. The number of rotatable bonds is 4. The molecule has 2 aromatic carbocycles. The standard InChI is InChI=1S/C23H23Cl2N3O3/c24-17-6-7-19(25)20(13-17)26-22(30)15-8-10-27(11-9-15)23(31)16-12-21(29)28(14-16)18-4-2-1-3-5-18/h1-7,13,15-16H,8-12,14H2,(H,26,30). The van der Waals surface area contributed by atoms with Crippen LogP contribution in [0, 0.1) is 11.8 Å². The molecule has 6 nitrogen and oxygen atoms in total. The Labute approximate surface area is 191 Å². The van der Waals surface area contributed by atoms with Crippen molar-refractivity contribution >= 4 is 52.3 Å². The van der Waals surface area contributed by atoms with E-state index >= 15 is 0 Å². The zero-order valence-electron chi connectivity index (χ0n) is 16.9. The lowest BCUT2D eigenvalue weighted by atomic mass is 9.94. The summed E-state index contributed by atoms with van der Waals surface area (Å²) >= 11 is 12.1. The molecule has 2 aliphatic heterocycles. The average molecular weight is 460 g/mol. The smallest absolute Gasteiger partial charge is 0.228 e. The molecule has 2 saturated heterocycles. The van der Waals surface area contributed by atoms with Crippen LogP contribution < -0.4 is 10.2 Å². The van der Waals surface area contributed by atoms with E-state index in [1.54, 1.807) is 28.0 Å². The molecular weight excluding hydrogens is 437 g/mol. The van der Waals surface area contributed by atoms with Crippen molar-refractivity contribution in [3.8, 4) is 0 Å². The Hall–Kier alpha value is -2.57. The van der Waals surface area contributed by atoms with Gasteiger partial charge in [-0.15, -0.1) is 0 Å². The molecule has 2 aliphatic rings. The molecule has 0 radical (unpaired) electrons. The molecule has 1 unspecified atom stereocenters. The molecule has 0 aromatic heterocycles. The molecule has 2 fully saturated rings. The zero-order chi connectivity index (χ0) is 22.0. The van der Waals surface area contributed by atoms with Crippen molar-refractivity contribution in [1.29, 1.82) is 0 Å². The number of para-hydroxylation sites is 1. The average Bonchev–Trinajstić information content (AvgIpc) is 3.18. The van der Waals surface area contributed by atoms with Crippen LogP contribution in [0.5, 0.6) is 0 Å². The largest absolute Gasteiger partial charge is 0.342 e. The maximum Gasteiger partial charge on any atom is 0.228 e. The van der Waals surface area contributed by atoms with Crippen molar-refractivity contribution in [1.82, 2.24) is 4.90 Å². The second-order valence-electron chi connectivity index (χ2n) is 7.95. The van der Waals surface area contributed by atoms with Gasteiger partial charge in [0.25, 0.3) is 0 Å². The Morgan fingerprint density at radius 3 is 2.39 bits per heavy atom. The van der Waals surface area contributed by atoms with Gasteiger partial charge in [-0.05, 0) is 43.2 Å². The number of carbonyl (C=O) groups excluding carboxylic acids is 3. The van der Waals surface area contributed by atoms with Crippen LogP contribution in [0.1, 0.15) is 19.3 Å². The molecule has 162 valence electrons. The van der Waals surface area contributed by atoms with Gasteiger partial charge in [0.15, 0.2) is 0 Å². The van der Waals surface area contributed by atoms with Crippen LogP contribution in [0.25, 0.3) is 0 Å². The highest BCUT2D eigenvalue weighted by molar-refractivity contribution is 6.35. The number of likely N-dealkylation sites (tertiary alicyclic amines) is 1. The van der Waals surface area contributed by atoms with Gasteiger partial charge >= 0.3 is 0 Å². The third-order valence-corrected chi connectivity index (χ3v) is 6.47. The van der Waals surface area contributed by atoms with Gasteiger partial charge in [0, 0.05) is 42.7 Å². The Kier molecular flexibility index (Phi) is 6.49. The predicted molar refractivity (Wildman–Crippen MR) is 121 cm³/mol. The molecule has 4 rings (SSSR count). The van der Waals surface area contributed by atoms with Crippen LogP contribution in [-0.2, 0) is 14.4 Å². The van der Waals surface area contributed by atoms with Gasteiger partial charge in [-0.25, -0.2) is 0 Å². The van der Waals surface area contributed by atoms with Gasteiger partial charge < -0.3 is 15.1 Å². The molecule has 2 heterocycles. The highest BCUT2D eigenvalue weighted by atomic mass is 35.5. The molecule has 3 amide bonds. The van der Waals surface area contributed by atoms with Gasteiger partial charge in [-0.3, -0.25) is 14.4 Å². The fourth-order valence-electron chi connectivity index (χ4n) is 4.18. The number of nitrogens with zero attached hydrogens (tertiary/aromatic N) is 2. The molecule has 0 bridgehead atoms. The first-order valence-electron chi connectivity index (χ1n) is 10.3. The van der Waals surface area contributed by atoms with Gasteiger partial charge in [0.1, 0.15) is 0 Å². The fraction of sp³-hybridized carbons (Fsp3) is 0.348. The van der Waals surface area contributed by atoms with E-state index in [0.29, 0.717) is 48.2 Å². The van der Waals surface area contributed by atoms with Crippen LogP contribution in [-0.4, -0.2) is 42.3 Å². The Balaban J connectivity index is 1.31. The van der Waals surface area contributed by atoms with Gasteiger partial charge in [-0.1, -0.05) is 41.4 Å². The van der Waals surface area contributed by atoms with Crippen molar-refractivity contribution in [2.24, 2.45) is 11.8 Å². The fourth-order valence-corrected chi connectivity index (χ4v) is 4.52. The molecule has 0 saturated carbocycles. The Bertz CT molecular complexity index is 991. The van der Waals surface area contributed by atoms with Crippen molar-refractivity contribution in [2.45, 2.75) is 19.3 Å². The molecule has 8 heteroatoms. The van der Waals surface area contributed by atoms with Crippen LogP contribution in [0.3, 0.4) is 0 Å². The topological polar surface area (TPSA) is 69.7 Å². The molecule has 31 heavy (non-hydrogen) atoms. The number of carbonyl (C=O) groups is 3. The van der Waals surface area contributed by atoms with Crippen LogP contribution in [0.2, 0.25) is 10.0 Å². The maximum absolute atomic E-state index is 13.0. The van der Waals surface area contributed by atoms with Crippen molar-refractivity contribution in [2.75, 3.05) is 29.9 Å². The third kappa shape index (κ3) is 4.86. The lowest BCUT2D eigenvalue weighted by Crippen LogP contribution is -2.44. The lowest BCUT2D eigenvalue weighted by molar-refractivity contribution is -0.138. The summed E-state index contributed by atoms with van der Waals surface area (Å²) in [6.45, 7) is 1.39. The SMILES string of the molecule is O=C(Nc1cc(Cl)ccc1Cl)C1CCN(C(=O)C2CC(=O)N(c3ccccc3)C2)CC1. The number of hydrogen-bond acceptors (Lipinski definition) is 3. The number of nitrogens with one attached hydrogen (secondary N) is 1. The zero-order valence-corrected chi connectivity index (χ0v) is 18.4. The molecular formula is C23H23Cl2N3O3. The molecule has 2 aromatic rings. The number of halogens is 2. The molecule has 0 spiro atoms. The predicted octanol–water partition coefficient (Wildman–Crippen LogP) is 4.22. The first kappa shape index (κ1) is 21.7. The maximum atomic E-state index is 13.0. The van der Waals surface area contributed by atoms with Gasteiger partial charge in [-0.2, -0.15) is 0 Å². The summed E-state index contributed by atoms with van der Waals surface area (Å²) in [4.78, 5) is 41.5. The summed E-state index contributed by atoms with van der Waals surface area (Å²) in [5.41, 5.74) is 1.31. The molecule has 1 atom stereocenters. The van der Waals surface area contributed by atoms with Crippen molar-refractivity contribution in [3.63, 3.8) is 0 Å². The monoisotopic (exact) mass is 459 g/mol. The van der Waals surface area contributed by atoms with Crippen LogP contribution in [0.15, 0.2) is 48.5 Å². The lowest BCUT2D eigenvalue weighted by Gasteiger charge is -2.33. The van der Waals surface area contributed by atoms with E-state index in [2.05, 4.69) is 5.32 Å². The summed E-state index contributed by atoms with van der Waals surface area (Å²) < 4.78 is 0. The first-order valence-corrected chi connectivity index (χ1v) is 11.1.